The van der Waals surface area contributed by atoms with Crippen molar-refractivity contribution >= 4 is 27.9 Å². The fourth-order valence-corrected chi connectivity index (χ4v) is 3.02. The minimum atomic E-state index is -0.460. The molecule has 2 aromatic heterocycles. The second-order valence-electron chi connectivity index (χ2n) is 4.32. The molecule has 0 aliphatic rings. The number of amides is 1. The summed E-state index contributed by atoms with van der Waals surface area (Å²) >= 11 is 1.23. The normalized spacial score (nSPS) is 10.9. The van der Waals surface area contributed by atoms with Gasteiger partial charge in [0, 0.05) is 5.69 Å². The molecular weight excluding hydrogens is 279 g/mol. The van der Waals surface area contributed by atoms with Crippen LogP contribution in [0, 0.1) is 19.7 Å². The van der Waals surface area contributed by atoms with Crippen molar-refractivity contribution < 1.29 is 9.18 Å². The first-order valence-corrected chi connectivity index (χ1v) is 6.76. The molecule has 0 unspecified atom stereocenters. The first-order chi connectivity index (χ1) is 9.58. The van der Waals surface area contributed by atoms with Crippen molar-refractivity contribution in [3.63, 3.8) is 0 Å². The Morgan fingerprint density at radius 1 is 1.30 bits per heavy atom. The Morgan fingerprint density at radius 3 is 2.75 bits per heavy atom. The number of aromatic nitrogens is 3. The van der Waals surface area contributed by atoms with Gasteiger partial charge < -0.3 is 5.32 Å². The SMILES string of the molecule is Cc1nnc2sc(C(=O)Nc3ccccc3F)c(C)n12. The zero-order valence-corrected chi connectivity index (χ0v) is 11.7. The average Bonchev–Trinajstić information content (AvgIpc) is 2.94. The van der Waals surface area contributed by atoms with Crippen LogP contribution in [0.4, 0.5) is 10.1 Å². The van der Waals surface area contributed by atoms with Crippen LogP contribution in [0.3, 0.4) is 0 Å². The van der Waals surface area contributed by atoms with E-state index in [1.807, 2.05) is 13.8 Å². The van der Waals surface area contributed by atoms with Crippen molar-refractivity contribution in [2.45, 2.75) is 13.8 Å². The molecule has 5 nitrogen and oxygen atoms in total. The van der Waals surface area contributed by atoms with Crippen LogP contribution in [0.1, 0.15) is 21.2 Å². The number of para-hydroxylation sites is 1. The highest BCUT2D eigenvalue weighted by atomic mass is 32.1. The molecule has 20 heavy (non-hydrogen) atoms. The predicted octanol–water partition coefficient (Wildman–Crippen LogP) is 2.80. The Balaban J connectivity index is 1.97. The summed E-state index contributed by atoms with van der Waals surface area (Å²) in [5.74, 6) is -0.0844. The van der Waals surface area contributed by atoms with Gasteiger partial charge in [0.1, 0.15) is 16.5 Å². The van der Waals surface area contributed by atoms with Gasteiger partial charge >= 0.3 is 0 Å². The molecule has 0 aliphatic carbocycles. The first-order valence-electron chi connectivity index (χ1n) is 5.95. The van der Waals surface area contributed by atoms with Crippen molar-refractivity contribution in [1.82, 2.24) is 14.6 Å². The summed E-state index contributed by atoms with van der Waals surface area (Å²) in [7, 11) is 0. The molecule has 2 heterocycles. The fraction of sp³-hybridized carbons (Fsp3) is 0.154. The number of nitrogens with zero attached hydrogens (tertiary/aromatic N) is 3. The monoisotopic (exact) mass is 290 g/mol. The third-order valence-electron chi connectivity index (χ3n) is 2.98. The van der Waals surface area contributed by atoms with E-state index in [0.717, 1.165) is 11.5 Å². The largest absolute Gasteiger partial charge is 0.319 e. The Labute approximate surface area is 118 Å². The zero-order valence-electron chi connectivity index (χ0n) is 10.8. The van der Waals surface area contributed by atoms with Crippen LogP contribution in [-0.4, -0.2) is 20.5 Å². The molecule has 0 aliphatic heterocycles. The van der Waals surface area contributed by atoms with E-state index in [4.69, 9.17) is 0 Å². The van der Waals surface area contributed by atoms with Gasteiger partial charge in [-0.2, -0.15) is 0 Å². The van der Waals surface area contributed by atoms with Crippen molar-refractivity contribution in [3.05, 3.63) is 46.5 Å². The van der Waals surface area contributed by atoms with Gasteiger partial charge in [-0.25, -0.2) is 4.39 Å². The molecule has 0 spiro atoms. The van der Waals surface area contributed by atoms with Gasteiger partial charge in [-0.15, -0.1) is 10.2 Å². The minimum absolute atomic E-state index is 0.165. The Hall–Kier alpha value is -2.28. The van der Waals surface area contributed by atoms with Gasteiger partial charge in [0.05, 0.1) is 5.69 Å². The highest BCUT2D eigenvalue weighted by Gasteiger charge is 2.19. The van der Waals surface area contributed by atoms with Crippen molar-refractivity contribution in [1.29, 1.82) is 0 Å². The molecule has 1 amide bonds. The first kappa shape index (κ1) is 12.7. The van der Waals surface area contributed by atoms with E-state index in [2.05, 4.69) is 15.5 Å². The third kappa shape index (κ3) is 1.96. The number of thiazole rings is 1. The van der Waals surface area contributed by atoms with E-state index >= 15 is 0 Å². The van der Waals surface area contributed by atoms with Gasteiger partial charge in [-0.05, 0) is 26.0 Å². The van der Waals surface area contributed by atoms with Gasteiger partial charge in [-0.1, -0.05) is 23.5 Å². The number of hydrogen-bond donors (Lipinski definition) is 1. The van der Waals surface area contributed by atoms with E-state index in [-0.39, 0.29) is 11.6 Å². The number of halogens is 1. The highest BCUT2D eigenvalue weighted by Crippen LogP contribution is 2.24. The second-order valence-corrected chi connectivity index (χ2v) is 5.29. The predicted molar refractivity (Wildman–Crippen MR) is 74.7 cm³/mol. The quantitative estimate of drug-likeness (QED) is 0.789. The second kappa shape index (κ2) is 4.68. The molecule has 0 atom stereocenters. The lowest BCUT2D eigenvalue weighted by Gasteiger charge is -2.05. The molecule has 0 saturated heterocycles. The molecule has 1 aromatic carbocycles. The number of anilines is 1. The number of benzene rings is 1. The third-order valence-corrected chi connectivity index (χ3v) is 4.11. The molecule has 1 N–H and O–H groups in total. The summed E-state index contributed by atoms with van der Waals surface area (Å²) in [5.41, 5.74) is 0.916. The van der Waals surface area contributed by atoms with Crippen LogP contribution >= 0.6 is 11.3 Å². The molecule has 3 aromatic rings. The minimum Gasteiger partial charge on any atom is -0.319 e. The number of carbonyl (C=O) groups is 1. The number of fused-ring (bicyclic) bond motifs is 1. The number of rotatable bonds is 2. The molecule has 3 rings (SSSR count). The van der Waals surface area contributed by atoms with E-state index in [9.17, 15) is 9.18 Å². The topological polar surface area (TPSA) is 59.3 Å². The molecule has 0 saturated carbocycles. The lowest BCUT2D eigenvalue weighted by molar-refractivity contribution is 0.102. The Morgan fingerprint density at radius 2 is 2.05 bits per heavy atom. The van der Waals surface area contributed by atoms with Crippen molar-refractivity contribution in [2.75, 3.05) is 5.32 Å². The standard InChI is InChI=1S/C13H11FN4OS/c1-7-11(20-13-17-16-8(2)18(7)13)12(19)15-10-6-4-3-5-9(10)14/h3-6H,1-2H3,(H,15,19). The lowest BCUT2D eigenvalue weighted by Crippen LogP contribution is -2.13. The highest BCUT2D eigenvalue weighted by molar-refractivity contribution is 7.19. The van der Waals surface area contributed by atoms with Crippen LogP contribution in [0.25, 0.3) is 4.96 Å². The van der Waals surface area contributed by atoms with Gasteiger partial charge in [0.25, 0.3) is 5.91 Å². The summed E-state index contributed by atoms with van der Waals surface area (Å²) in [6.45, 7) is 3.63. The summed E-state index contributed by atoms with van der Waals surface area (Å²) in [6.07, 6.45) is 0. The summed E-state index contributed by atoms with van der Waals surface area (Å²) in [6, 6.07) is 6.07. The van der Waals surface area contributed by atoms with Crippen LogP contribution in [0.5, 0.6) is 0 Å². The van der Waals surface area contributed by atoms with Crippen LogP contribution < -0.4 is 5.32 Å². The number of aryl methyl sites for hydroxylation is 2. The number of carbonyl (C=O) groups excluding carboxylic acids is 1. The Kier molecular flexibility index (Phi) is 2.98. The smallest absolute Gasteiger partial charge is 0.267 e. The average molecular weight is 290 g/mol. The van der Waals surface area contributed by atoms with Crippen molar-refractivity contribution in [3.8, 4) is 0 Å². The summed E-state index contributed by atoms with van der Waals surface area (Å²) in [5, 5.41) is 10.5. The Bertz CT molecular complexity index is 808. The molecule has 0 bridgehead atoms. The van der Waals surface area contributed by atoms with Crippen molar-refractivity contribution in [2.24, 2.45) is 0 Å². The number of hydrogen-bond acceptors (Lipinski definition) is 4. The summed E-state index contributed by atoms with van der Waals surface area (Å²) in [4.78, 5) is 13.4. The maximum atomic E-state index is 13.5. The van der Waals surface area contributed by atoms with Gasteiger partial charge in [0.15, 0.2) is 0 Å². The van der Waals surface area contributed by atoms with E-state index in [1.54, 1.807) is 16.5 Å². The maximum absolute atomic E-state index is 13.5. The molecule has 102 valence electrons. The molecule has 0 fully saturated rings. The van der Waals surface area contributed by atoms with Gasteiger partial charge in [0.2, 0.25) is 4.96 Å². The van der Waals surface area contributed by atoms with E-state index in [0.29, 0.717) is 9.84 Å². The van der Waals surface area contributed by atoms with E-state index < -0.39 is 5.82 Å². The summed E-state index contributed by atoms with van der Waals surface area (Å²) < 4.78 is 15.3. The fourth-order valence-electron chi connectivity index (χ4n) is 2.01. The lowest BCUT2D eigenvalue weighted by atomic mass is 10.3. The molecular formula is C13H11FN4OS. The van der Waals surface area contributed by atoms with E-state index in [1.165, 1.54) is 23.5 Å². The van der Waals surface area contributed by atoms with Gasteiger partial charge in [-0.3, -0.25) is 9.20 Å². The maximum Gasteiger partial charge on any atom is 0.267 e. The molecule has 7 heteroatoms. The number of nitrogens with one attached hydrogen (secondary N) is 1. The van der Waals surface area contributed by atoms with Crippen LogP contribution in [-0.2, 0) is 0 Å². The van der Waals surface area contributed by atoms with Crippen LogP contribution in [0.2, 0.25) is 0 Å². The zero-order chi connectivity index (χ0) is 14.3. The molecule has 0 radical (unpaired) electrons. The van der Waals surface area contributed by atoms with Crippen LogP contribution in [0.15, 0.2) is 24.3 Å².